The van der Waals surface area contributed by atoms with Crippen LogP contribution in [-0.4, -0.2) is 47.1 Å². The van der Waals surface area contributed by atoms with Crippen molar-refractivity contribution in [3.05, 3.63) is 66.0 Å². The SMILES string of the molecule is CC(C)C[C@]1(C(=O)O)C[C@H](S(=O)(=O)c2ccccc2)[C@@H](c2ccc(F)cc2)N1C1CC1(C#N)C(N)=O. The highest BCUT2D eigenvalue weighted by Gasteiger charge is 2.72. The van der Waals surface area contributed by atoms with Gasteiger partial charge in [-0.25, -0.2) is 12.8 Å². The van der Waals surface area contributed by atoms with E-state index in [2.05, 4.69) is 0 Å². The van der Waals surface area contributed by atoms with Crippen LogP contribution in [0.2, 0.25) is 0 Å². The Hall–Kier alpha value is -3.29. The van der Waals surface area contributed by atoms with E-state index in [1.807, 2.05) is 19.9 Å². The molecular weight excluding hydrogens is 485 g/mol. The van der Waals surface area contributed by atoms with Gasteiger partial charge in [0.1, 0.15) is 11.4 Å². The van der Waals surface area contributed by atoms with E-state index in [0.717, 1.165) is 0 Å². The molecule has 10 heteroatoms. The number of carboxylic acid groups (broad SMARTS) is 1. The molecule has 0 aromatic heterocycles. The first-order valence-corrected chi connectivity index (χ1v) is 13.2. The highest BCUT2D eigenvalue weighted by molar-refractivity contribution is 7.92. The summed E-state index contributed by atoms with van der Waals surface area (Å²) < 4.78 is 41.8. The number of nitriles is 1. The van der Waals surface area contributed by atoms with Crippen molar-refractivity contribution < 1.29 is 27.5 Å². The number of carboxylic acids is 1. The number of primary amides is 1. The fourth-order valence-corrected chi connectivity index (χ4v) is 7.77. The molecule has 2 aromatic carbocycles. The molecule has 1 amide bonds. The van der Waals surface area contributed by atoms with E-state index in [0.29, 0.717) is 5.56 Å². The smallest absolute Gasteiger partial charge is 0.324 e. The minimum absolute atomic E-state index is 0.0121. The molecule has 1 saturated heterocycles. The molecule has 3 N–H and O–H groups in total. The van der Waals surface area contributed by atoms with Gasteiger partial charge in [-0.2, -0.15) is 5.26 Å². The summed E-state index contributed by atoms with van der Waals surface area (Å²) in [5.74, 6) is -2.81. The Balaban J connectivity index is 1.99. The summed E-state index contributed by atoms with van der Waals surface area (Å²) in [6.45, 7) is 3.65. The summed E-state index contributed by atoms with van der Waals surface area (Å²) in [5.41, 5.74) is 2.63. The van der Waals surface area contributed by atoms with Crippen molar-refractivity contribution in [2.75, 3.05) is 0 Å². The van der Waals surface area contributed by atoms with E-state index in [4.69, 9.17) is 5.73 Å². The van der Waals surface area contributed by atoms with Crippen LogP contribution in [0.3, 0.4) is 0 Å². The molecular formula is C26H28FN3O5S. The van der Waals surface area contributed by atoms with Gasteiger partial charge in [-0.15, -0.1) is 0 Å². The van der Waals surface area contributed by atoms with Crippen molar-refractivity contribution in [1.82, 2.24) is 4.90 Å². The summed E-state index contributed by atoms with van der Waals surface area (Å²) in [7, 11) is -4.09. The largest absolute Gasteiger partial charge is 0.480 e. The van der Waals surface area contributed by atoms with Crippen LogP contribution >= 0.6 is 0 Å². The molecule has 1 heterocycles. The van der Waals surface area contributed by atoms with E-state index in [1.54, 1.807) is 18.2 Å². The lowest BCUT2D eigenvalue weighted by Gasteiger charge is -2.40. The fraction of sp³-hybridized carbons (Fsp3) is 0.423. The van der Waals surface area contributed by atoms with E-state index >= 15 is 0 Å². The first-order chi connectivity index (χ1) is 16.9. The summed E-state index contributed by atoms with van der Waals surface area (Å²) in [5, 5.41) is 19.2. The topological polar surface area (TPSA) is 142 Å². The third kappa shape index (κ3) is 3.96. The number of carbonyl (C=O) groups excluding carboxylic acids is 1. The van der Waals surface area contributed by atoms with Crippen molar-refractivity contribution in [2.45, 2.75) is 60.9 Å². The molecule has 1 saturated carbocycles. The number of benzene rings is 2. The van der Waals surface area contributed by atoms with Gasteiger partial charge < -0.3 is 10.8 Å². The van der Waals surface area contributed by atoms with Crippen LogP contribution in [0.1, 0.15) is 44.7 Å². The highest BCUT2D eigenvalue weighted by atomic mass is 32.2. The molecule has 36 heavy (non-hydrogen) atoms. The van der Waals surface area contributed by atoms with Crippen LogP contribution in [0.15, 0.2) is 59.5 Å². The molecule has 0 radical (unpaired) electrons. The average molecular weight is 514 g/mol. The Bertz CT molecular complexity index is 1330. The molecule has 2 aliphatic rings. The quantitative estimate of drug-likeness (QED) is 0.552. The summed E-state index contributed by atoms with van der Waals surface area (Å²) in [6.07, 6.45) is -0.198. The standard InChI is InChI=1S/C26H28FN3O5S/c1-16(2)12-26(24(32)33)13-20(36(34,35)19-6-4-3-5-7-19)22(17-8-10-18(27)11-9-17)30(26)21-14-25(21,15-28)23(29)31/h3-11,16,20-22H,12-14H2,1-2H3,(H2,29,31)(H,32,33)/t20-,21?,22+,25?,26+/m0/s1. The van der Waals surface area contributed by atoms with Crippen molar-refractivity contribution in [1.29, 1.82) is 5.26 Å². The fourth-order valence-electron chi connectivity index (χ4n) is 5.76. The molecule has 0 bridgehead atoms. The van der Waals surface area contributed by atoms with E-state index in [1.165, 1.54) is 41.3 Å². The lowest BCUT2D eigenvalue weighted by Crippen LogP contribution is -2.54. The van der Waals surface area contributed by atoms with Gasteiger partial charge in [-0.05, 0) is 55.0 Å². The Morgan fingerprint density at radius 2 is 1.78 bits per heavy atom. The van der Waals surface area contributed by atoms with Crippen LogP contribution in [0.25, 0.3) is 0 Å². The number of hydrogen-bond acceptors (Lipinski definition) is 6. The third-order valence-corrected chi connectivity index (χ3v) is 9.56. The van der Waals surface area contributed by atoms with Crippen LogP contribution < -0.4 is 5.73 Å². The molecule has 2 fully saturated rings. The van der Waals surface area contributed by atoms with Crippen molar-refractivity contribution >= 4 is 21.7 Å². The lowest BCUT2D eigenvalue weighted by molar-refractivity contribution is -0.153. The van der Waals surface area contributed by atoms with Crippen molar-refractivity contribution in [2.24, 2.45) is 17.1 Å². The van der Waals surface area contributed by atoms with Gasteiger partial charge in [0.25, 0.3) is 0 Å². The normalized spacial score (nSPS) is 30.1. The van der Waals surface area contributed by atoms with Gasteiger partial charge >= 0.3 is 5.97 Å². The zero-order valence-corrected chi connectivity index (χ0v) is 20.8. The second kappa shape index (κ2) is 8.98. The number of likely N-dealkylation sites (tertiary alicyclic amines) is 1. The molecule has 190 valence electrons. The number of nitrogens with two attached hydrogens (primary N) is 1. The Morgan fingerprint density at radius 1 is 1.17 bits per heavy atom. The minimum Gasteiger partial charge on any atom is -0.480 e. The number of aliphatic carboxylic acids is 1. The van der Waals surface area contributed by atoms with Crippen LogP contribution in [-0.2, 0) is 19.4 Å². The summed E-state index contributed by atoms with van der Waals surface area (Å²) in [4.78, 5) is 26.9. The van der Waals surface area contributed by atoms with Crippen molar-refractivity contribution in [3.63, 3.8) is 0 Å². The number of carbonyl (C=O) groups is 2. The number of sulfone groups is 1. The predicted molar refractivity (Wildman–Crippen MR) is 128 cm³/mol. The second-order valence-electron chi connectivity index (χ2n) is 10.1. The maximum absolute atomic E-state index is 14.0. The van der Waals surface area contributed by atoms with E-state index in [-0.39, 0.29) is 30.1 Å². The van der Waals surface area contributed by atoms with Gasteiger partial charge in [0.15, 0.2) is 15.3 Å². The Morgan fingerprint density at radius 3 is 2.25 bits per heavy atom. The minimum atomic E-state index is -4.09. The van der Waals surface area contributed by atoms with Crippen molar-refractivity contribution in [3.8, 4) is 6.07 Å². The number of nitrogens with zero attached hydrogens (tertiary/aromatic N) is 2. The second-order valence-corrected chi connectivity index (χ2v) is 12.3. The first kappa shape index (κ1) is 25.8. The molecule has 0 spiro atoms. The summed E-state index contributed by atoms with van der Waals surface area (Å²) in [6, 6.07) is 13.0. The Kier molecular flexibility index (Phi) is 6.43. The number of amides is 1. The highest BCUT2D eigenvalue weighted by Crippen LogP contribution is 2.60. The van der Waals surface area contributed by atoms with E-state index in [9.17, 15) is 32.8 Å². The van der Waals surface area contributed by atoms with Crippen LogP contribution in [0.4, 0.5) is 4.39 Å². The number of rotatable bonds is 8. The van der Waals surface area contributed by atoms with E-state index < -0.39 is 55.8 Å². The maximum Gasteiger partial charge on any atom is 0.324 e. The monoisotopic (exact) mass is 513 g/mol. The molecule has 8 nitrogen and oxygen atoms in total. The van der Waals surface area contributed by atoms with Crippen LogP contribution in [0.5, 0.6) is 0 Å². The molecule has 1 aliphatic carbocycles. The maximum atomic E-state index is 14.0. The first-order valence-electron chi connectivity index (χ1n) is 11.7. The average Bonchev–Trinajstić information content (AvgIpc) is 3.47. The predicted octanol–water partition coefficient (Wildman–Crippen LogP) is 3.05. The molecule has 2 unspecified atom stereocenters. The lowest BCUT2D eigenvalue weighted by atomic mass is 9.85. The third-order valence-electron chi connectivity index (χ3n) is 7.41. The molecule has 5 atom stereocenters. The summed E-state index contributed by atoms with van der Waals surface area (Å²) >= 11 is 0. The van der Waals surface area contributed by atoms with Crippen LogP contribution in [0, 0.1) is 28.5 Å². The Labute approximate surface area is 209 Å². The van der Waals surface area contributed by atoms with Gasteiger partial charge in [0.05, 0.1) is 22.3 Å². The van der Waals surface area contributed by atoms with Gasteiger partial charge in [0, 0.05) is 6.04 Å². The number of hydrogen-bond donors (Lipinski definition) is 2. The molecule has 1 aliphatic heterocycles. The van der Waals surface area contributed by atoms with Gasteiger partial charge in [-0.1, -0.05) is 44.2 Å². The van der Waals surface area contributed by atoms with Gasteiger partial charge in [-0.3, -0.25) is 14.5 Å². The zero-order chi connectivity index (χ0) is 26.5. The molecule has 2 aromatic rings. The zero-order valence-electron chi connectivity index (χ0n) is 20.0. The number of halogens is 1. The molecule has 4 rings (SSSR count). The van der Waals surface area contributed by atoms with Gasteiger partial charge in [0.2, 0.25) is 5.91 Å².